The predicted octanol–water partition coefficient (Wildman–Crippen LogP) is 3.65. The zero-order valence-corrected chi connectivity index (χ0v) is 12.6. The molecule has 18 heavy (non-hydrogen) atoms. The summed E-state index contributed by atoms with van der Waals surface area (Å²) in [6.45, 7) is 6.86. The van der Waals surface area contributed by atoms with Crippen LogP contribution in [0, 0.1) is 5.92 Å². The van der Waals surface area contributed by atoms with Gasteiger partial charge in [-0.25, -0.2) is 4.98 Å². The Morgan fingerprint density at radius 3 is 2.61 bits per heavy atom. The van der Waals surface area contributed by atoms with Gasteiger partial charge in [0.1, 0.15) is 5.01 Å². The summed E-state index contributed by atoms with van der Waals surface area (Å²) in [5, 5.41) is 5.14. The van der Waals surface area contributed by atoms with Gasteiger partial charge in [0.25, 0.3) is 0 Å². The summed E-state index contributed by atoms with van der Waals surface area (Å²) in [6.07, 6.45) is 7.87. The molecule has 0 amide bonds. The Morgan fingerprint density at radius 1 is 1.28 bits per heavy atom. The maximum atomic E-state index is 4.99. The first-order chi connectivity index (χ1) is 8.59. The quantitative estimate of drug-likeness (QED) is 0.898. The van der Waals surface area contributed by atoms with Gasteiger partial charge in [-0.1, -0.05) is 0 Å². The van der Waals surface area contributed by atoms with Gasteiger partial charge in [-0.2, -0.15) is 0 Å². The van der Waals surface area contributed by atoms with Crippen LogP contribution in [-0.2, 0) is 18.4 Å². The average molecular weight is 264 g/mol. The standard InChI is InChI=1S/C15H24N2S/c1-10(2)17-15(3,11-8-9-11)14-16-12-6-4-5-7-13(12)18-14/h10-11,17H,4-9H2,1-3H3. The van der Waals surface area contributed by atoms with Crippen molar-refractivity contribution < 1.29 is 0 Å². The monoisotopic (exact) mass is 264 g/mol. The number of hydrogen-bond donors (Lipinski definition) is 1. The Bertz CT molecular complexity index is 410. The summed E-state index contributed by atoms with van der Waals surface area (Å²) in [6, 6.07) is 0.525. The minimum absolute atomic E-state index is 0.121. The second kappa shape index (κ2) is 4.61. The number of aromatic nitrogens is 1. The molecular formula is C15H24N2S. The number of aryl methyl sites for hydroxylation is 2. The maximum Gasteiger partial charge on any atom is 0.113 e. The molecule has 0 saturated heterocycles. The fourth-order valence-electron chi connectivity index (χ4n) is 3.19. The van der Waals surface area contributed by atoms with Crippen molar-refractivity contribution in [1.82, 2.24) is 10.3 Å². The average Bonchev–Trinajstić information content (AvgIpc) is 3.07. The number of nitrogens with zero attached hydrogens (tertiary/aromatic N) is 1. The molecule has 0 spiro atoms. The van der Waals surface area contributed by atoms with Gasteiger partial charge in [0.15, 0.2) is 0 Å². The Hall–Kier alpha value is -0.410. The minimum Gasteiger partial charge on any atom is -0.303 e. The normalized spacial score (nSPS) is 22.9. The predicted molar refractivity (Wildman–Crippen MR) is 77.1 cm³/mol. The van der Waals surface area contributed by atoms with E-state index in [0.717, 1.165) is 5.92 Å². The van der Waals surface area contributed by atoms with Crippen LogP contribution in [0.5, 0.6) is 0 Å². The van der Waals surface area contributed by atoms with Crippen LogP contribution in [0.4, 0.5) is 0 Å². The highest BCUT2D eigenvalue weighted by atomic mass is 32.1. The number of rotatable bonds is 4. The van der Waals surface area contributed by atoms with Crippen LogP contribution in [0.25, 0.3) is 0 Å². The Labute approximate surface area is 114 Å². The van der Waals surface area contributed by atoms with E-state index in [4.69, 9.17) is 4.98 Å². The minimum atomic E-state index is 0.121. The van der Waals surface area contributed by atoms with E-state index < -0.39 is 0 Å². The Balaban J connectivity index is 1.92. The zero-order chi connectivity index (χ0) is 12.8. The first-order valence-electron chi connectivity index (χ1n) is 7.36. The molecule has 0 radical (unpaired) electrons. The first-order valence-corrected chi connectivity index (χ1v) is 8.18. The van der Waals surface area contributed by atoms with Crippen LogP contribution in [0.15, 0.2) is 0 Å². The number of thiazole rings is 1. The first kappa shape index (κ1) is 12.6. The molecule has 1 fully saturated rings. The molecule has 1 aromatic heterocycles. The van der Waals surface area contributed by atoms with Crippen molar-refractivity contribution in [2.75, 3.05) is 0 Å². The van der Waals surface area contributed by atoms with Gasteiger partial charge in [0.05, 0.1) is 11.2 Å². The van der Waals surface area contributed by atoms with E-state index >= 15 is 0 Å². The number of hydrogen-bond acceptors (Lipinski definition) is 3. The van der Waals surface area contributed by atoms with Crippen LogP contribution in [-0.4, -0.2) is 11.0 Å². The van der Waals surface area contributed by atoms with E-state index in [-0.39, 0.29) is 5.54 Å². The topological polar surface area (TPSA) is 24.9 Å². The van der Waals surface area contributed by atoms with E-state index in [1.165, 1.54) is 49.2 Å². The van der Waals surface area contributed by atoms with Crippen molar-refractivity contribution in [1.29, 1.82) is 0 Å². The third kappa shape index (κ3) is 2.23. The Morgan fingerprint density at radius 2 is 2.00 bits per heavy atom. The van der Waals surface area contributed by atoms with Crippen molar-refractivity contribution in [3.8, 4) is 0 Å². The fourth-order valence-corrected chi connectivity index (χ4v) is 4.53. The molecule has 1 aromatic rings. The van der Waals surface area contributed by atoms with Gasteiger partial charge in [0.2, 0.25) is 0 Å². The lowest BCUT2D eigenvalue weighted by Crippen LogP contribution is -2.45. The summed E-state index contributed by atoms with van der Waals surface area (Å²) in [4.78, 5) is 6.56. The summed E-state index contributed by atoms with van der Waals surface area (Å²) in [7, 11) is 0. The van der Waals surface area contributed by atoms with E-state index in [1.54, 1.807) is 4.88 Å². The van der Waals surface area contributed by atoms with Crippen molar-refractivity contribution in [3.63, 3.8) is 0 Å². The summed E-state index contributed by atoms with van der Waals surface area (Å²) in [5.41, 5.74) is 1.52. The van der Waals surface area contributed by atoms with Crippen molar-refractivity contribution in [2.24, 2.45) is 5.92 Å². The van der Waals surface area contributed by atoms with E-state index in [0.29, 0.717) is 6.04 Å². The van der Waals surface area contributed by atoms with Crippen LogP contribution >= 0.6 is 11.3 Å². The fraction of sp³-hybridized carbons (Fsp3) is 0.800. The molecule has 1 heterocycles. The lowest BCUT2D eigenvalue weighted by Gasteiger charge is -2.31. The molecule has 0 aromatic carbocycles. The largest absolute Gasteiger partial charge is 0.303 e. The van der Waals surface area contributed by atoms with Crippen LogP contribution in [0.3, 0.4) is 0 Å². The molecule has 0 aliphatic heterocycles. The van der Waals surface area contributed by atoms with Crippen molar-refractivity contribution in [3.05, 3.63) is 15.6 Å². The smallest absolute Gasteiger partial charge is 0.113 e. The van der Waals surface area contributed by atoms with Crippen LogP contribution in [0.2, 0.25) is 0 Å². The highest BCUT2D eigenvalue weighted by Gasteiger charge is 2.45. The molecule has 1 atom stereocenters. The third-order valence-electron chi connectivity index (χ3n) is 4.27. The summed E-state index contributed by atoms with van der Waals surface area (Å²) in [5.74, 6) is 0.799. The van der Waals surface area contributed by atoms with E-state index in [1.807, 2.05) is 11.3 Å². The molecule has 2 aliphatic carbocycles. The molecule has 2 aliphatic rings. The zero-order valence-electron chi connectivity index (χ0n) is 11.8. The Kier molecular flexibility index (Phi) is 3.23. The van der Waals surface area contributed by atoms with Gasteiger partial charge in [0, 0.05) is 10.9 Å². The molecular weight excluding hydrogens is 240 g/mol. The summed E-state index contributed by atoms with van der Waals surface area (Å²) >= 11 is 1.98. The SMILES string of the molecule is CC(C)NC(C)(c1nc2c(s1)CCCC2)C1CC1. The number of nitrogens with one attached hydrogen (secondary N) is 1. The van der Waals surface area contributed by atoms with Crippen LogP contribution in [0.1, 0.15) is 62.0 Å². The second-order valence-electron chi connectivity index (χ2n) is 6.37. The lowest BCUT2D eigenvalue weighted by molar-refractivity contribution is 0.290. The second-order valence-corrected chi connectivity index (χ2v) is 7.46. The molecule has 2 nitrogen and oxygen atoms in total. The van der Waals surface area contributed by atoms with Gasteiger partial charge >= 0.3 is 0 Å². The van der Waals surface area contributed by atoms with E-state index in [2.05, 4.69) is 26.1 Å². The van der Waals surface area contributed by atoms with Gasteiger partial charge in [-0.05, 0) is 65.2 Å². The highest BCUT2D eigenvalue weighted by molar-refractivity contribution is 7.11. The molecule has 0 bridgehead atoms. The maximum absolute atomic E-state index is 4.99. The molecule has 1 unspecified atom stereocenters. The van der Waals surface area contributed by atoms with Gasteiger partial charge < -0.3 is 5.32 Å². The van der Waals surface area contributed by atoms with Crippen LogP contribution < -0.4 is 5.32 Å². The lowest BCUT2D eigenvalue weighted by atomic mass is 9.95. The molecule has 1 saturated carbocycles. The van der Waals surface area contributed by atoms with E-state index in [9.17, 15) is 0 Å². The summed E-state index contributed by atoms with van der Waals surface area (Å²) < 4.78 is 0. The molecule has 100 valence electrons. The number of fused-ring (bicyclic) bond motifs is 1. The van der Waals surface area contributed by atoms with Gasteiger partial charge in [-0.3, -0.25) is 0 Å². The molecule has 3 heteroatoms. The highest BCUT2D eigenvalue weighted by Crippen LogP contribution is 2.47. The molecule has 1 N–H and O–H groups in total. The van der Waals surface area contributed by atoms with Crippen molar-refractivity contribution in [2.45, 2.75) is 70.9 Å². The van der Waals surface area contributed by atoms with Crippen molar-refractivity contribution >= 4 is 11.3 Å². The third-order valence-corrected chi connectivity index (χ3v) is 5.67. The molecule has 3 rings (SSSR count). The van der Waals surface area contributed by atoms with Gasteiger partial charge in [-0.15, -0.1) is 11.3 Å².